The maximum Gasteiger partial charge on any atom is 0.510 e. The highest BCUT2D eigenvalue weighted by Crippen LogP contribution is 2.53. The molecule has 0 saturated heterocycles. The summed E-state index contributed by atoms with van der Waals surface area (Å²) < 4.78 is 54.3. The van der Waals surface area contributed by atoms with Crippen molar-refractivity contribution >= 4 is 48.8 Å². The van der Waals surface area contributed by atoms with Gasteiger partial charge in [0.05, 0.1) is 33.3 Å². The standard InChI is InChI=1S/C27H38N5O13PS/c1-17(2)12-39-25(33)41-15-44-27(46(35,36)37,45-16-42-26(34)40-13-18(3)4)43-11-10-32-14-29-21-22(32)30-24(28)31-23(21)47-20-8-6-19(38-5)7-9-20/h6-9,14,17-18H,10-13,15-16H2,1-5H3,(H2,28,30,31)(H2,35,36,37). The first kappa shape index (κ1) is 37.7. The Hall–Kier alpha value is -3.71. The monoisotopic (exact) mass is 703 g/mol. The van der Waals surface area contributed by atoms with Crippen molar-refractivity contribution in [1.29, 1.82) is 0 Å². The van der Waals surface area contributed by atoms with E-state index < -0.39 is 45.8 Å². The third-order valence-corrected chi connectivity index (χ3v) is 7.69. The zero-order valence-electron chi connectivity index (χ0n) is 26.4. The average molecular weight is 704 g/mol. The molecule has 260 valence electrons. The Balaban J connectivity index is 1.76. The van der Waals surface area contributed by atoms with Crippen molar-refractivity contribution in [3.8, 4) is 5.75 Å². The maximum absolute atomic E-state index is 12.7. The molecule has 0 radical (unpaired) electrons. The first-order valence-electron chi connectivity index (χ1n) is 14.1. The van der Waals surface area contributed by atoms with E-state index in [2.05, 4.69) is 15.0 Å². The van der Waals surface area contributed by atoms with Gasteiger partial charge in [-0.3, -0.25) is 14.0 Å². The number of nitrogens with zero attached hydrogens (tertiary/aromatic N) is 4. The molecule has 0 saturated carbocycles. The molecule has 2 aromatic heterocycles. The van der Waals surface area contributed by atoms with Gasteiger partial charge >= 0.3 is 25.6 Å². The van der Waals surface area contributed by atoms with Gasteiger partial charge in [-0.1, -0.05) is 39.5 Å². The van der Waals surface area contributed by atoms with Crippen LogP contribution in [0, 0.1) is 11.8 Å². The summed E-state index contributed by atoms with van der Waals surface area (Å²) in [6.07, 6.45) is -0.933. The summed E-state index contributed by atoms with van der Waals surface area (Å²) in [7, 11) is -3.96. The van der Waals surface area contributed by atoms with Gasteiger partial charge in [-0.2, -0.15) is 4.98 Å². The molecule has 3 rings (SSSR count). The Labute approximate surface area is 274 Å². The van der Waals surface area contributed by atoms with Gasteiger partial charge in [0.15, 0.2) is 5.65 Å². The number of hydrogen-bond donors (Lipinski definition) is 3. The van der Waals surface area contributed by atoms with Crippen molar-refractivity contribution in [3.63, 3.8) is 0 Å². The minimum atomic E-state index is -5.52. The molecule has 0 spiro atoms. The van der Waals surface area contributed by atoms with Crippen molar-refractivity contribution < 1.29 is 61.8 Å². The van der Waals surface area contributed by atoms with E-state index in [1.54, 1.807) is 46.9 Å². The molecule has 0 aliphatic rings. The molecule has 0 unspecified atom stereocenters. The Kier molecular flexibility index (Phi) is 14.0. The number of anilines is 1. The Bertz CT molecular complexity index is 1490. The summed E-state index contributed by atoms with van der Waals surface area (Å²) >= 11 is 1.29. The molecule has 47 heavy (non-hydrogen) atoms. The predicted molar refractivity (Wildman–Crippen MR) is 164 cm³/mol. The fraction of sp³-hybridized carbons (Fsp3) is 0.519. The molecule has 0 atom stereocenters. The van der Waals surface area contributed by atoms with Gasteiger partial charge in [0.25, 0.3) is 0 Å². The molecule has 0 amide bonds. The molecule has 2 heterocycles. The lowest BCUT2D eigenvalue weighted by Gasteiger charge is -2.32. The zero-order valence-corrected chi connectivity index (χ0v) is 28.1. The van der Waals surface area contributed by atoms with Gasteiger partial charge in [0.2, 0.25) is 19.5 Å². The van der Waals surface area contributed by atoms with E-state index in [4.69, 9.17) is 43.6 Å². The number of rotatable bonds is 18. The number of nitrogen functional groups attached to an aromatic ring is 1. The van der Waals surface area contributed by atoms with Gasteiger partial charge < -0.3 is 48.5 Å². The number of ether oxygens (including phenoxy) is 8. The number of carbonyl (C=O) groups is 2. The number of benzene rings is 1. The third-order valence-electron chi connectivity index (χ3n) is 5.60. The lowest BCUT2D eigenvalue weighted by molar-refractivity contribution is -0.365. The fourth-order valence-electron chi connectivity index (χ4n) is 3.43. The van der Waals surface area contributed by atoms with Crippen LogP contribution in [0.25, 0.3) is 11.2 Å². The minimum Gasteiger partial charge on any atom is -0.497 e. The van der Waals surface area contributed by atoms with Crippen molar-refractivity contribution in [2.45, 2.75) is 49.9 Å². The van der Waals surface area contributed by atoms with Gasteiger partial charge in [-0.15, -0.1) is 0 Å². The first-order chi connectivity index (χ1) is 22.2. The molecule has 1 aromatic carbocycles. The summed E-state index contributed by atoms with van der Waals surface area (Å²) in [4.78, 5) is 57.9. The van der Waals surface area contributed by atoms with Crippen LogP contribution in [0.2, 0.25) is 0 Å². The van der Waals surface area contributed by atoms with Crippen LogP contribution >= 0.6 is 19.4 Å². The molecule has 4 N–H and O–H groups in total. The smallest absolute Gasteiger partial charge is 0.497 e. The van der Waals surface area contributed by atoms with Crippen LogP contribution in [0.5, 0.6) is 5.75 Å². The number of nitrogens with two attached hydrogens (primary N) is 1. The summed E-state index contributed by atoms with van der Waals surface area (Å²) in [5, 5.41) is 0.455. The number of imidazole rings is 1. The highest BCUT2D eigenvalue weighted by atomic mass is 32.2. The summed E-state index contributed by atoms with van der Waals surface area (Å²) in [5.74, 6) is 0.624. The third kappa shape index (κ3) is 11.5. The predicted octanol–water partition coefficient (Wildman–Crippen LogP) is 3.94. The Morgan fingerprint density at radius 1 is 0.936 bits per heavy atom. The van der Waals surface area contributed by atoms with Crippen LogP contribution in [0.15, 0.2) is 40.5 Å². The summed E-state index contributed by atoms with van der Waals surface area (Å²) in [5.41, 5.74) is 3.47. The number of fused-ring (bicyclic) bond motifs is 1. The van der Waals surface area contributed by atoms with Crippen LogP contribution in [0.1, 0.15) is 27.7 Å². The number of methoxy groups -OCH3 is 1. The van der Waals surface area contributed by atoms with Crippen molar-refractivity contribution in [2.24, 2.45) is 11.8 Å². The lowest BCUT2D eigenvalue weighted by Crippen LogP contribution is -2.41. The van der Waals surface area contributed by atoms with Gasteiger partial charge in [-0.05, 0) is 36.1 Å². The van der Waals surface area contributed by atoms with E-state index in [9.17, 15) is 23.9 Å². The first-order valence-corrected chi connectivity index (χ1v) is 16.5. The van der Waals surface area contributed by atoms with Gasteiger partial charge in [0.1, 0.15) is 16.3 Å². The van der Waals surface area contributed by atoms with E-state index in [1.807, 2.05) is 12.1 Å². The second kappa shape index (κ2) is 17.4. The summed E-state index contributed by atoms with van der Waals surface area (Å²) in [6, 6.07) is 7.25. The van der Waals surface area contributed by atoms with E-state index in [-0.39, 0.29) is 37.5 Å². The molecule has 3 aromatic rings. The number of hydrogen-bond acceptors (Lipinski definition) is 16. The normalized spacial score (nSPS) is 12.0. The minimum absolute atomic E-state index is 0.00563. The topological polar surface area (TPSA) is 235 Å². The molecular weight excluding hydrogens is 665 g/mol. The Morgan fingerprint density at radius 3 is 2.02 bits per heavy atom. The van der Waals surface area contributed by atoms with Crippen molar-refractivity contribution in [2.75, 3.05) is 46.2 Å². The van der Waals surface area contributed by atoms with Gasteiger partial charge in [0, 0.05) is 11.4 Å². The van der Waals surface area contributed by atoms with Crippen LogP contribution in [-0.4, -0.2) is 87.8 Å². The number of aromatic nitrogens is 4. The van der Waals surface area contributed by atoms with E-state index in [0.717, 1.165) is 4.90 Å². The number of carbonyl (C=O) groups excluding carboxylic acids is 2. The molecule has 0 bridgehead atoms. The average Bonchev–Trinajstić information content (AvgIpc) is 3.41. The van der Waals surface area contributed by atoms with Crippen LogP contribution < -0.4 is 10.5 Å². The van der Waals surface area contributed by atoms with Gasteiger partial charge in [-0.25, -0.2) is 19.6 Å². The fourth-order valence-corrected chi connectivity index (χ4v) is 5.01. The molecule has 18 nitrogen and oxygen atoms in total. The second-order valence-corrected chi connectivity index (χ2v) is 13.1. The summed E-state index contributed by atoms with van der Waals surface area (Å²) in [6.45, 7) is 4.49. The molecular formula is C27H38N5O13PS. The van der Waals surface area contributed by atoms with Crippen molar-refractivity contribution in [1.82, 2.24) is 19.5 Å². The lowest BCUT2D eigenvalue weighted by atomic mass is 10.2. The SMILES string of the molecule is COc1ccc(Sc2nc(N)nc3c2ncn3CCOC(OCOC(=O)OCC(C)C)(OCOC(=O)OCC(C)C)P(=O)(O)O)cc1. The Morgan fingerprint density at radius 2 is 1.51 bits per heavy atom. The van der Waals surface area contributed by atoms with E-state index >= 15 is 0 Å². The largest absolute Gasteiger partial charge is 0.510 e. The highest BCUT2D eigenvalue weighted by molar-refractivity contribution is 7.99. The molecule has 0 aliphatic heterocycles. The molecule has 20 heteroatoms. The second-order valence-electron chi connectivity index (χ2n) is 10.4. The van der Waals surface area contributed by atoms with Crippen LogP contribution in [0.3, 0.4) is 0 Å². The maximum atomic E-state index is 12.7. The van der Waals surface area contributed by atoms with Crippen LogP contribution in [-0.2, 0) is 44.3 Å². The highest BCUT2D eigenvalue weighted by Gasteiger charge is 2.53. The van der Waals surface area contributed by atoms with Crippen LogP contribution in [0.4, 0.5) is 15.5 Å². The molecule has 0 aliphatic carbocycles. The zero-order chi connectivity index (χ0) is 34.6. The van der Waals surface area contributed by atoms with E-state index in [1.165, 1.54) is 22.7 Å². The quantitative estimate of drug-likeness (QED) is 0.0736. The van der Waals surface area contributed by atoms with E-state index in [0.29, 0.717) is 21.9 Å². The molecule has 0 fully saturated rings. The van der Waals surface area contributed by atoms with Crippen molar-refractivity contribution in [3.05, 3.63) is 30.6 Å².